The van der Waals surface area contributed by atoms with Crippen molar-refractivity contribution >= 4 is 40.9 Å². The number of nitrogens with two attached hydrogens (primary N) is 1. The van der Waals surface area contributed by atoms with Crippen molar-refractivity contribution in [3.63, 3.8) is 0 Å². The molecule has 1 saturated heterocycles. The molecule has 2 amide bonds. The van der Waals surface area contributed by atoms with Gasteiger partial charge in [0.05, 0.1) is 18.3 Å². The van der Waals surface area contributed by atoms with Crippen molar-refractivity contribution in [2.45, 2.75) is 51.1 Å². The summed E-state index contributed by atoms with van der Waals surface area (Å²) in [6, 6.07) is 6.47. The van der Waals surface area contributed by atoms with Crippen LogP contribution in [0.2, 0.25) is 0 Å². The molecule has 4 rings (SSSR count). The van der Waals surface area contributed by atoms with E-state index in [-0.39, 0.29) is 49.3 Å². The first-order chi connectivity index (χ1) is 18.2. The van der Waals surface area contributed by atoms with Crippen LogP contribution >= 0.6 is 0 Å². The third-order valence-electron chi connectivity index (χ3n) is 5.87. The quantitative estimate of drug-likeness (QED) is 0.245. The molecule has 0 spiro atoms. The number of aryl methyl sites for hydroxylation is 2. The summed E-state index contributed by atoms with van der Waals surface area (Å²) in [6.07, 6.45) is 2.32. The fourth-order valence-corrected chi connectivity index (χ4v) is 3.81. The van der Waals surface area contributed by atoms with Crippen LogP contribution in [0.25, 0.3) is 11.2 Å². The number of nitrogens with zero attached hydrogens (tertiary/aromatic N) is 4. The van der Waals surface area contributed by atoms with Crippen LogP contribution in [0, 0.1) is 0 Å². The van der Waals surface area contributed by atoms with Crippen molar-refractivity contribution in [3.8, 4) is 0 Å². The second-order valence-electron chi connectivity index (χ2n) is 8.66. The number of imide groups is 1. The topological polar surface area (TPSA) is 211 Å². The Morgan fingerprint density at radius 1 is 1.08 bits per heavy atom. The monoisotopic (exact) mass is 523 g/mol. The zero-order chi connectivity index (χ0) is 27.2. The number of fused-ring (bicyclic) bond motifs is 1. The number of aliphatic carboxylic acids is 1. The molecule has 1 aliphatic heterocycles. The highest BCUT2D eigenvalue weighted by molar-refractivity contribution is 6.01. The molecule has 0 aliphatic carbocycles. The number of carboxylic acid groups (broad SMARTS) is 1. The largest absolute Gasteiger partial charge is 0.480 e. The van der Waals surface area contributed by atoms with Gasteiger partial charge in [0.2, 0.25) is 5.95 Å². The second-order valence-corrected chi connectivity index (χ2v) is 8.66. The van der Waals surface area contributed by atoms with Crippen molar-refractivity contribution in [1.82, 2.24) is 30.3 Å². The average molecular weight is 524 g/mol. The zero-order valence-corrected chi connectivity index (χ0v) is 20.2. The minimum absolute atomic E-state index is 0.0173. The number of carboxylic acids is 1. The van der Waals surface area contributed by atoms with Crippen LogP contribution in [-0.2, 0) is 43.4 Å². The lowest BCUT2D eigenvalue weighted by Crippen LogP contribution is -2.37. The van der Waals surface area contributed by atoms with Crippen molar-refractivity contribution in [2.24, 2.45) is 0 Å². The highest BCUT2D eigenvalue weighted by atomic mass is 16.7. The van der Waals surface area contributed by atoms with Gasteiger partial charge in [0, 0.05) is 19.4 Å². The van der Waals surface area contributed by atoms with E-state index in [0.29, 0.717) is 23.6 Å². The van der Waals surface area contributed by atoms with E-state index in [4.69, 9.17) is 10.6 Å². The minimum atomic E-state index is -1.14. The summed E-state index contributed by atoms with van der Waals surface area (Å²) >= 11 is 0. The number of aromatic nitrogens is 4. The zero-order valence-electron chi connectivity index (χ0n) is 20.2. The maximum absolute atomic E-state index is 12.0. The molecule has 1 aromatic carbocycles. The van der Waals surface area contributed by atoms with Crippen molar-refractivity contribution in [2.75, 3.05) is 5.73 Å². The number of benzene rings is 1. The first-order valence-corrected chi connectivity index (χ1v) is 11.8. The number of hydrogen-bond donors (Lipinski definition) is 4. The Balaban J connectivity index is 1.26. The van der Waals surface area contributed by atoms with E-state index in [9.17, 15) is 29.1 Å². The number of amides is 2. The number of carbonyl (C=O) groups is 4. The number of rotatable bonds is 11. The molecule has 3 aromatic rings. The first-order valence-electron chi connectivity index (χ1n) is 11.8. The maximum Gasteiger partial charge on any atom is 0.333 e. The average Bonchev–Trinajstić information content (AvgIpc) is 3.20. The van der Waals surface area contributed by atoms with Gasteiger partial charge in [-0.3, -0.25) is 24.2 Å². The van der Waals surface area contributed by atoms with Crippen molar-refractivity contribution < 1.29 is 29.1 Å². The van der Waals surface area contributed by atoms with Gasteiger partial charge in [-0.15, -0.1) is 5.06 Å². The van der Waals surface area contributed by atoms with Gasteiger partial charge in [0.1, 0.15) is 6.04 Å². The van der Waals surface area contributed by atoms with E-state index in [2.05, 4.69) is 25.3 Å². The number of nitrogen functional groups attached to an aromatic ring is 1. The summed E-state index contributed by atoms with van der Waals surface area (Å²) in [4.78, 5) is 78.2. The molecule has 0 bridgehead atoms. The summed E-state index contributed by atoms with van der Waals surface area (Å²) in [6.45, 7) is 0.241. The Kier molecular flexibility index (Phi) is 8.01. The van der Waals surface area contributed by atoms with Crippen LogP contribution in [0.4, 0.5) is 5.95 Å². The first kappa shape index (κ1) is 26.3. The lowest BCUT2D eigenvalue weighted by molar-refractivity contribution is -0.197. The normalized spacial score (nSPS) is 14.2. The fraction of sp³-hybridized carbons (Fsp3) is 0.333. The Morgan fingerprint density at radius 2 is 1.76 bits per heavy atom. The van der Waals surface area contributed by atoms with Gasteiger partial charge in [-0.25, -0.2) is 14.8 Å². The number of anilines is 1. The van der Waals surface area contributed by atoms with Crippen LogP contribution in [-0.4, -0.2) is 59.9 Å². The number of carbonyl (C=O) groups excluding carboxylic acids is 3. The predicted molar refractivity (Wildman–Crippen MR) is 131 cm³/mol. The molecule has 1 atom stereocenters. The third kappa shape index (κ3) is 6.53. The number of H-pyrrole nitrogens is 1. The Morgan fingerprint density at radius 3 is 2.45 bits per heavy atom. The Bertz CT molecular complexity index is 1420. The Labute approximate surface area is 215 Å². The number of nitrogens with one attached hydrogen (secondary N) is 2. The predicted octanol–water partition coefficient (Wildman–Crippen LogP) is 0.0107. The highest BCUT2D eigenvalue weighted by Crippen LogP contribution is 2.14. The molecular formula is C24H25N7O7. The standard InChI is InChI=1S/C24H25N7O7/c25-24-29-21-20(22(35)30-24)28-15(12-27-21)6-5-13-1-3-14(4-2-13)11-26-16(23(36)37)7-10-19(34)38-31-17(32)8-9-18(31)33/h1-4,12,16,26H,5-11H2,(H,36,37)(H3,25,27,29,30,35). The van der Waals surface area contributed by atoms with Crippen LogP contribution in [0.3, 0.4) is 0 Å². The molecule has 198 valence electrons. The van der Waals surface area contributed by atoms with Gasteiger partial charge in [0.25, 0.3) is 17.4 Å². The summed E-state index contributed by atoms with van der Waals surface area (Å²) in [5, 5.41) is 12.8. The van der Waals surface area contributed by atoms with Gasteiger partial charge in [0.15, 0.2) is 11.2 Å². The van der Waals surface area contributed by atoms with E-state index in [1.54, 1.807) is 6.20 Å². The molecule has 14 nitrogen and oxygen atoms in total. The second kappa shape index (κ2) is 11.6. The Hall–Kier alpha value is -4.72. The molecule has 38 heavy (non-hydrogen) atoms. The molecule has 1 fully saturated rings. The molecule has 14 heteroatoms. The van der Waals surface area contributed by atoms with E-state index in [1.807, 2.05) is 24.3 Å². The summed E-state index contributed by atoms with van der Waals surface area (Å²) in [7, 11) is 0. The smallest absolute Gasteiger partial charge is 0.333 e. The van der Waals surface area contributed by atoms with E-state index >= 15 is 0 Å². The van der Waals surface area contributed by atoms with Crippen LogP contribution in [0.5, 0.6) is 0 Å². The van der Waals surface area contributed by atoms with Gasteiger partial charge in [-0.1, -0.05) is 24.3 Å². The van der Waals surface area contributed by atoms with Gasteiger partial charge in [-0.2, -0.15) is 4.98 Å². The molecule has 5 N–H and O–H groups in total. The van der Waals surface area contributed by atoms with Crippen molar-refractivity contribution in [3.05, 3.63) is 57.6 Å². The summed E-state index contributed by atoms with van der Waals surface area (Å²) in [5.41, 5.74) is 7.83. The molecule has 0 saturated carbocycles. The van der Waals surface area contributed by atoms with E-state index < -0.39 is 35.4 Å². The van der Waals surface area contributed by atoms with Gasteiger partial charge >= 0.3 is 11.9 Å². The molecule has 2 aromatic heterocycles. The number of hydrogen-bond acceptors (Lipinski definition) is 11. The van der Waals surface area contributed by atoms with E-state index in [0.717, 1.165) is 11.1 Å². The van der Waals surface area contributed by atoms with Gasteiger partial charge < -0.3 is 21.0 Å². The number of aromatic amines is 1. The van der Waals surface area contributed by atoms with E-state index in [1.165, 1.54) is 0 Å². The molecular weight excluding hydrogens is 498 g/mol. The fourth-order valence-electron chi connectivity index (χ4n) is 3.81. The minimum Gasteiger partial charge on any atom is -0.480 e. The van der Waals surface area contributed by atoms with Crippen LogP contribution in [0.1, 0.15) is 42.5 Å². The maximum atomic E-state index is 12.0. The lowest BCUT2D eigenvalue weighted by atomic mass is 10.1. The molecule has 1 unspecified atom stereocenters. The summed E-state index contributed by atoms with van der Waals surface area (Å²) in [5.74, 6) is -3.21. The van der Waals surface area contributed by atoms with Crippen LogP contribution < -0.4 is 16.6 Å². The van der Waals surface area contributed by atoms with Gasteiger partial charge in [-0.05, 0) is 30.4 Å². The van der Waals surface area contributed by atoms with Crippen molar-refractivity contribution in [1.29, 1.82) is 0 Å². The summed E-state index contributed by atoms with van der Waals surface area (Å²) < 4.78 is 0. The molecule has 3 heterocycles. The SMILES string of the molecule is Nc1nc2ncc(CCc3ccc(CNC(CCC(=O)ON4C(=O)CCC4=O)C(=O)O)cc3)nc2c(=O)[nH]1. The molecule has 0 radical (unpaired) electrons. The highest BCUT2D eigenvalue weighted by Gasteiger charge is 2.33. The lowest BCUT2D eigenvalue weighted by Gasteiger charge is -2.16. The third-order valence-corrected chi connectivity index (χ3v) is 5.87. The van der Waals surface area contributed by atoms with Crippen LogP contribution in [0.15, 0.2) is 35.3 Å². The number of hydroxylamine groups is 2. The molecule has 1 aliphatic rings.